The monoisotopic (exact) mass is 371 g/mol. The van der Waals surface area contributed by atoms with Gasteiger partial charge in [0.2, 0.25) is 5.91 Å². The molecule has 0 aliphatic rings. The normalized spacial score (nSPS) is 11.0. The summed E-state index contributed by atoms with van der Waals surface area (Å²) in [7, 11) is 1.96. The molecule has 0 radical (unpaired) electrons. The number of hydrogen-bond acceptors (Lipinski definition) is 5. The summed E-state index contributed by atoms with van der Waals surface area (Å²) < 4.78 is 0. The van der Waals surface area contributed by atoms with Gasteiger partial charge in [-0.3, -0.25) is 9.69 Å². The number of nitrogens with one attached hydrogen (secondary N) is 1. The average molecular weight is 372 g/mol. The van der Waals surface area contributed by atoms with E-state index < -0.39 is 0 Å². The number of aryl methyl sites for hydroxylation is 2. The van der Waals surface area contributed by atoms with Crippen LogP contribution in [0, 0.1) is 13.8 Å². The number of aromatic nitrogens is 1. The smallest absolute Gasteiger partial charge is 0.240 e. The van der Waals surface area contributed by atoms with Crippen molar-refractivity contribution in [2.45, 2.75) is 20.4 Å². The van der Waals surface area contributed by atoms with Crippen molar-refractivity contribution in [1.29, 1.82) is 0 Å². The van der Waals surface area contributed by atoms with E-state index in [9.17, 15) is 4.79 Å². The third-order valence-electron chi connectivity index (χ3n) is 3.89. The Morgan fingerprint density at radius 2 is 1.92 bits per heavy atom. The Hall–Kier alpha value is -2.02. The summed E-state index contributed by atoms with van der Waals surface area (Å²) in [6.45, 7) is 5.28. The Morgan fingerprint density at radius 3 is 2.60 bits per heavy atom. The molecule has 3 rings (SSSR count). The molecule has 1 amide bonds. The molecule has 0 fully saturated rings. The highest BCUT2D eigenvalue weighted by Gasteiger charge is 2.12. The standard InChI is InChI=1S/C19H21N3OS2/c1-13-4-6-15(7-5-13)16-12-25-19(20-16)21-18(23)11-22(3)10-17-14(2)8-9-24-17/h4-9,12H,10-11H2,1-3H3,(H,20,21,23). The number of nitrogens with zero attached hydrogens (tertiary/aromatic N) is 2. The zero-order valence-corrected chi connectivity index (χ0v) is 16.2. The number of carbonyl (C=O) groups is 1. The van der Waals surface area contributed by atoms with Crippen LogP contribution in [0.5, 0.6) is 0 Å². The minimum absolute atomic E-state index is 0.0403. The van der Waals surface area contributed by atoms with Crippen molar-refractivity contribution in [2.75, 3.05) is 18.9 Å². The van der Waals surface area contributed by atoms with Gasteiger partial charge < -0.3 is 5.32 Å². The highest BCUT2D eigenvalue weighted by Crippen LogP contribution is 2.25. The molecule has 0 bridgehead atoms. The minimum Gasteiger partial charge on any atom is -0.301 e. The summed E-state index contributed by atoms with van der Waals surface area (Å²) in [5.41, 5.74) is 4.45. The minimum atomic E-state index is -0.0403. The summed E-state index contributed by atoms with van der Waals surface area (Å²) >= 11 is 3.18. The van der Waals surface area contributed by atoms with E-state index in [1.54, 1.807) is 11.3 Å². The Morgan fingerprint density at radius 1 is 1.16 bits per heavy atom. The molecule has 0 saturated carbocycles. The second-order valence-corrected chi connectivity index (χ2v) is 8.01. The molecule has 0 unspecified atom stereocenters. The van der Waals surface area contributed by atoms with Crippen LogP contribution in [0.4, 0.5) is 5.13 Å². The lowest BCUT2D eigenvalue weighted by atomic mass is 10.1. The van der Waals surface area contributed by atoms with Gasteiger partial charge in [-0.15, -0.1) is 22.7 Å². The molecule has 1 N–H and O–H groups in total. The van der Waals surface area contributed by atoms with E-state index in [0.717, 1.165) is 17.8 Å². The van der Waals surface area contributed by atoms with Gasteiger partial charge in [0.25, 0.3) is 0 Å². The Kier molecular flexibility index (Phi) is 5.63. The molecule has 1 aromatic carbocycles. The molecular weight excluding hydrogens is 350 g/mol. The van der Waals surface area contributed by atoms with Gasteiger partial charge in [-0.1, -0.05) is 29.8 Å². The van der Waals surface area contributed by atoms with E-state index in [-0.39, 0.29) is 5.91 Å². The third kappa shape index (κ3) is 4.75. The van der Waals surface area contributed by atoms with Gasteiger partial charge in [-0.05, 0) is 37.9 Å². The SMILES string of the molecule is Cc1ccc(-c2csc(NC(=O)CN(C)Cc3sccc3C)n2)cc1. The van der Waals surface area contributed by atoms with Gasteiger partial charge >= 0.3 is 0 Å². The summed E-state index contributed by atoms with van der Waals surface area (Å²) in [4.78, 5) is 20.1. The van der Waals surface area contributed by atoms with E-state index in [1.165, 1.54) is 27.3 Å². The van der Waals surface area contributed by atoms with Crippen molar-refractivity contribution in [3.63, 3.8) is 0 Å². The fourth-order valence-electron chi connectivity index (χ4n) is 2.46. The van der Waals surface area contributed by atoms with E-state index in [0.29, 0.717) is 11.7 Å². The molecule has 0 spiro atoms. The van der Waals surface area contributed by atoms with Crippen molar-refractivity contribution in [3.05, 3.63) is 57.1 Å². The molecule has 2 heterocycles. The molecule has 6 heteroatoms. The number of anilines is 1. The lowest BCUT2D eigenvalue weighted by molar-refractivity contribution is -0.117. The number of likely N-dealkylation sites (N-methyl/N-ethyl adjacent to an activating group) is 1. The molecule has 0 saturated heterocycles. The fraction of sp³-hybridized carbons (Fsp3) is 0.263. The third-order valence-corrected chi connectivity index (χ3v) is 5.66. The first-order valence-electron chi connectivity index (χ1n) is 8.05. The van der Waals surface area contributed by atoms with Crippen LogP contribution in [0.3, 0.4) is 0 Å². The van der Waals surface area contributed by atoms with Crippen molar-refractivity contribution in [2.24, 2.45) is 0 Å². The van der Waals surface area contributed by atoms with E-state index in [1.807, 2.05) is 29.5 Å². The summed E-state index contributed by atoms with van der Waals surface area (Å²) in [6, 6.07) is 10.3. The van der Waals surface area contributed by atoms with Crippen molar-refractivity contribution in [3.8, 4) is 11.3 Å². The highest BCUT2D eigenvalue weighted by atomic mass is 32.1. The maximum Gasteiger partial charge on any atom is 0.240 e. The van der Waals surface area contributed by atoms with E-state index >= 15 is 0 Å². The molecule has 0 atom stereocenters. The Bertz CT molecular complexity index is 852. The van der Waals surface area contributed by atoms with Crippen LogP contribution in [0.15, 0.2) is 41.1 Å². The first kappa shape index (κ1) is 17.8. The molecule has 3 aromatic rings. The van der Waals surface area contributed by atoms with Crippen molar-refractivity contribution < 1.29 is 4.79 Å². The number of hydrogen-bond donors (Lipinski definition) is 1. The second kappa shape index (κ2) is 7.91. The van der Waals surface area contributed by atoms with Crippen molar-refractivity contribution in [1.82, 2.24) is 9.88 Å². The van der Waals surface area contributed by atoms with Gasteiger partial charge in [-0.2, -0.15) is 0 Å². The van der Waals surface area contributed by atoms with Gasteiger partial charge in [0.05, 0.1) is 12.2 Å². The molecule has 0 aliphatic heterocycles. The Balaban J connectivity index is 1.56. The maximum absolute atomic E-state index is 12.2. The number of carbonyl (C=O) groups excluding carboxylic acids is 1. The number of thiophene rings is 1. The number of benzene rings is 1. The molecular formula is C19H21N3OS2. The van der Waals surface area contributed by atoms with Gasteiger partial charge in [-0.25, -0.2) is 4.98 Å². The zero-order chi connectivity index (χ0) is 17.8. The van der Waals surface area contributed by atoms with Crippen LogP contribution in [0.2, 0.25) is 0 Å². The average Bonchev–Trinajstić information content (AvgIpc) is 3.18. The summed E-state index contributed by atoms with van der Waals surface area (Å²) in [6.07, 6.45) is 0. The first-order valence-corrected chi connectivity index (χ1v) is 9.81. The summed E-state index contributed by atoms with van der Waals surface area (Å²) in [5.74, 6) is -0.0403. The molecule has 0 aliphatic carbocycles. The molecule has 2 aromatic heterocycles. The molecule has 130 valence electrons. The summed E-state index contributed by atoms with van der Waals surface area (Å²) in [5, 5.41) is 7.59. The number of thiazole rings is 1. The lowest BCUT2D eigenvalue weighted by Gasteiger charge is -2.15. The van der Waals surface area contributed by atoms with Gasteiger partial charge in [0, 0.05) is 22.4 Å². The van der Waals surface area contributed by atoms with Crippen LogP contribution < -0.4 is 5.32 Å². The molecule has 25 heavy (non-hydrogen) atoms. The van der Waals surface area contributed by atoms with Gasteiger partial charge in [0.15, 0.2) is 5.13 Å². The van der Waals surface area contributed by atoms with Gasteiger partial charge in [0.1, 0.15) is 0 Å². The molecule has 4 nitrogen and oxygen atoms in total. The van der Waals surface area contributed by atoms with Crippen LogP contribution >= 0.6 is 22.7 Å². The number of rotatable bonds is 6. The maximum atomic E-state index is 12.2. The Labute approximate surface area is 156 Å². The highest BCUT2D eigenvalue weighted by molar-refractivity contribution is 7.14. The lowest BCUT2D eigenvalue weighted by Crippen LogP contribution is -2.29. The van der Waals surface area contributed by atoms with Crippen LogP contribution in [-0.2, 0) is 11.3 Å². The second-order valence-electron chi connectivity index (χ2n) is 6.15. The zero-order valence-electron chi connectivity index (χ0n) is 14.6. The predicted octanol–water partition coefficient (Wildman–Crippen LogP) is 4.56. The van der Waals surface area contributed by atoms with Crippen LogP contribution in [0.25, 0.3) is 11.3 Å². The first-order chi connectivity index (χ1) is 12.0. The quantitative estimate of drug-likeness (QED) is 0.691. The van der Waals surface area contributed by atoms with Crippen LogP contribution in [-0.4, -0.2) is 29.4 Å². The van der Waals surface area contributed by atoms with E-state index in [4.69, 9.17) is 0 Å². The topological polar surface area (TPSA) is 45.2 Å². The van der Waals surface area contributed by atoms with Crippen molar-refractivity contribution >= 4 is 33.7 Å². The number of amides is 1. The predicted molar refractivity (Wildman–Crippen MR) is 106 cm³/mol. The van der Waals surface area contributed by atoms with Crippen LogP contribution in [0.1, 0.15) is 16.0 Å². The fourth-order valence-corrected chi connectivity index (χ4v) is 4.18. The van der Waals surface area contributed by atoms with E-state index in [2.05, 4.69) is 47.7 Å². The largest absolute Gasteiger partial charge is 0.301 e.